The molecule has 0 aliphatic carbocycles. The summed E-state index contributed by atoms with van der Waals surface area (Å²) in [6.07, 6.45) is 5.06. The summed E-state index contributed by atoms with van der Waals surface area (Å²) in [7, 11) is -3.68. The summed E-state index contributed by atoms with van der Waals surface area (Å²) in [4.78, 5) is 14.4. The fourth-order valence-electron chi connectivity index (χ4n) is 2.36. The van der Waals surface area contributed by atoms with E-state index in [9.17, 15) is 13.2 Å². The molecule has 1 amide bonds. The van der Waals surface area contributed by atoms with Crippen molar-refractivity contribution in [2.24, 2.45) is 0 Å². The molecule has 0 saturated heterocycles. The van der Waals surface area contributed by atoms with Gasteiger partial charge < -0.3 is 4.90 Å². The van der Waals surface area contributed by atoms with Gasteiger partial charge in [-0.2, -0.15) is 4.72 Å². The fourth-order valence-corrected chi connectivity index (χ4v) is 3.51. The molecule has 0 atom stereocenters. The number of nitrogens with zero attached hydrogens (tertiary/aromatic N) is 1. The number of halogens is 1. The Labute approximate surface area is 159 Å². The summed E-state index contributed by atoms with van der Waals surface area (Å²) in [6.45, 7) is 2.71. The largest absolute Gasteiger partial charge is 0.335 e. The molecule has 7 heteroatoms. The van der Waals surface area contributed by atoms with E-state index in [1.807, 2.05) is 25.1 Å². The zero-order chi connectivity index (χ0) is 19.2. The molecule has 2 aromatic carbocycles. The highest BCUT2D eigenvalue weighted by Crippen LogP contribution is 2.16. The van der Waals surface area contributed by atoms with Crippen LogP contribution in [0.1, 0.15) is 22.8 Å². The van der Waals surface area contributed by atoms with Crippen molar-refractivity contribution in [3.8, 4) is 12.3 Å². The van der Waals surface area contributed by atoms with Crippen molar-refractivity contribution in [3.05, 3.63) is 64.7 Å². The van der Waals surface area contributed by atoms with E-state index in [4.69, 9.17) is 18.0 Å². The summed E-state index contributed by atoms with van der Waals surface area (Å²) >= 11 is 5.99. The molecule has 0 aliphatic heterocycles. The predicted molar refractivity (Wildman–Crippen MR) is 102 cm³/mol. The lowest BCUT2D eigenvalue weighted by molar-refractivity contribution is 0.0752. The standard InChI is InChI=1S/C19H19ClN2O3S/c1-3-12-21-26(24,25)18-10-8-16(9-11-18)19(23)22(4-2)14-15-6-5-7-17(20)13-15/h1,5-11,13,21H,4,12,14H2,2H3. The van der Waals surface area contributed by atoms with E-state index in [1.54, 1.807) is 11.0 Å². The Kier molecular flexibility index (Phi) is 6.81. The zero-order valence-corrected chi connectivity index (χ0v) is 15.8. The minimum absolute atomic E-state index is 0.0576. The molecular weight excluding hydrogens is 372 g/mol. The first kappa shape index (κ1) is 20.0. The smallest absolute Gasteiger partial charge is 0.254 e. The van der Waals surface area contributed by atoms with Gasteiger partial charge in [0.15, 0.2) is 0 Å². The van der Waals surface area contributed by atoms with Gasteiger partial charge in [0.1, 0.15) is 0 Å². The summed E-state index contributed by atoms with van der Waals surface area (Å²) in [5.74, 6) is 2.03. The predicted octanol–water partition coefficient (Wildman–Crippen LogP) is 2.91. The van der Waals surface area contributed by atoms with Crippen molar-refractivity contribution in [3.63, 3.8) is 0 Å². The number of hydrogen-bond acceptors (Lipinski definition) is 3. The lowest BCUT2D eigenvalue weighted by Gasteiger charge is -2.21. The van der Waals surface area contributed by atoms with Gasteiger partial charge in [-0.1, -0.05) is 29.7 Å². The van der Waals surface area contributed by atoms with E-state index < -0.39 is 10.0 Å². The summed E-state index contributed by atoms with van der Waals surface area (Å²) in [5.41, 5.74) is 1.33. The van der Waals surface area contributed by atoms with E-state index in [0.717, 1.165) is 5.56 Å². The van der Waals surface area contributed by atoms with Crippen LogP contribution in [0.25, 0.3) is 0 Å². The Hall–Kier alpha value is -2.33. The quantitative estimate of drug-likeness (QED) is 0.739. The van der Waals surface area contributed by atoms with Crippen molar-refractivity contribution in [1.29, 1.82) is 0 Å². The van der Waals surface area contributed by atoms with Crippen molar-refractivity contribution < 1.29 is 13.2 Å². The number of terminal acetylenes is 1. The van der Waals surface area contributed by atoms with Crippen LogP contribution in [0.5, 0.6) is 0 Å². The maximum Gasteiger partial charge on any atom is 0.254 e. The molecule has 136 valence electrons. The normalized spacial score (nSPS) is 11.0. The number of nitrogens with one attached hydrogen (secondary N) is 1. The topological polar surface area (TPSA) is 66.5 Å². The molecule has 26 heavy (non-hydrogen) atoms. The van der Waals surface area contributed by atoms with Gasteiger partial charge in [0, 0.05) is 23.7 Å². The van der Waals surface area contributed by atoms with Gasteiger partial charge in [0.05, 0.1) is 11.4 Å². The number of benzene rings is 2. The number of carbonyl (C=O) groups is 1. The molecule has 0 aliphatic rings. The van der Waals surface area contributed by atoms with Crippen LogP contribution in [0.3, 0.4) is 0 Å². The van der Waals surface area contributed by atoms with Gasteiger partial charge in [0.2, 0.25) is 10.0 Å². The highest BCUT2D eigenvalue weighted by molar-refractivity contribution is 7.89. The van der Waals surface area contributed by atoms with Crippen molar-refractivity contribution in [2.75, 3.05) is 13.1 Å². The Morgan fingerprint density at radius 1 is 1.23 bits per heavy atom. The Morgan fingerprint density at radius 3 is 2.50 bits per heavy atom. The molecule has 0 radical (unpaired) electrons. The highest BCUT2D eigenvalue weighted by Gasteiger charge is 2.17. The van der Waals surface area contributed by atoms with E-state index >= 15 is 0 Å². The molecule has 5 nitrogen and oxygen atoms in total. The van der Waals surface area contributed by atoms with Crippen LogP contribution >= 0.6 is 11.6 Å². The third kappa shape index (κ3) is 5.09. The van der Waals surface area contributed by atoms with E-state index in [0.29, 0.717) is 23.7 Å². The van der Waals surface area contributed by atoms with Gasteiger partial charge in [-0.15, -0.1) is 6.42 Å². The Balaban J connectivity index is 2.16. The van der Waals surface area contributed by atoms with E-state index in [1.165, 1.54) is 24.3 Å². The number of hydrogen-bond donors (Lipinski definition) is 1. The Bertz CT molecular complexity index is 919. The molecular formula is C19H19ClN2O3S. The summed E-state index contributed by atoms with van der Waals surface area (Å²) in [5, 5.41) is 0.611. The first-order valence-corrected chi connectivity index (χ1v) is 9.80. The maximum atomic E-state index is 12.7. The number of rotatable bonds is 7. The molecule has 0 bridgehead atoms. The molecule has 2 rings (SSSR count). The average molecular weight is 391 g/mol. The van der Waals surface area contributed by atoms with Crippen LogP contribution < -0.4 is 4.72 Å². The minimum Gasteiger partial charge on any atom is -0.335 e. The lowest BCUT2D eigenvalue weighted by atomic mass is 10.1. The van der Waals surface area contributed by atoms with Crippen LogP contribution in [-0.4, -0.2) is 32.3 Å². The van der Waals surface area contributed by atoms with Gasteiger partial charge >= 0.3 is 0 Å². The SMILES string of the molecule is C#CCNS(=O)(=O)c1ccc(C(=O)N(CC)Cc2cccc(Cl)c2)cc1. The Morgan fingerprint density at radius 2 is 1.92 bits per heavy atom. The van der Waals surface area contributed by atoms with Crippen LogP contribution in [0.2, 0.25) is 5.02 Å². The van der Waals surface area contributed by atoms with E-state index in [-0.39, 0.29) is 17.3 Å². The molecule has 0 heterocycles. The molecule has 1 N–H and O–H groups in total. The fraction of sp³-hybridized carbons (Fsp3) is 0.211. The second kappa shape index (κ2) is 8.86. The van der Waals surface area contributed by atoms with Gasteiger partial charge in [-0.25, -0.2) is 8.42 Å². The van der Waals surface area contributed by atoms with Gasteiger partial charge in [-0.05, 0) is 48.9 Å². The molecule has 2 aromatic rings. The van der Waals surface area contributed by atoms with Gasteiger partial charge in [0.25, 0.3) is 5.91 Å². The first-order chi connectivity index (χ1) is 12.4. The highest BCUT2D eigenvalue weighted by atomic mass is 35.5. The molecule has 0 unspecified atom stereocenters. The molecule has 0 aromatic heterocycles. The van der Waals surface area contributed by atoms with Crippen LogP contribution in [-0.2, 0) is 16.6 Å². The number of sulfonamides is 1. The minimum atomic E-state index is -3.68. The monoisotopic (exact) mass is 390 g/mol. The second-order valence-electron chi connectivity index (χ2n) is 5.50. The summed E-state index contributed by atoms with van der Waals surface area (Å²) in [6, 6.07) is 13.1. The van der Waals surface area contributed by atoms with Crippen LogP contribution in [0.4, 0.5) is 0 Å². The summed E-state index contributed by atoms with van der Waals surface area (Å²) < 4.78 is 26.3. The van der Waals surface area contributed by atoms with Crippen molar-refractivity contribution >= 4 is 27.5 Å². The van der Waals surface area contributed by atoms with Crippen LogP contribution in [0, 0.1) is 12.3 Å². The number of carbonyl (C=O) groups excluding carboxylic acids is 1. The number of amides is 1. The first-order valence-electron chi connectivity index (χ1n) is 7.94. The zero-order valence-electron chi connectivity index (χ0n) is 14.3. The van der Waals surface area contributed by atoms with Gasteiger partial charge in [-0.3, -0.25) is 4.79 Å². The van der Waals surface area contributed by atoms with Crippen molar-refractivity contribution in [1.82, 2.24) is 9.62 Å². The molecule has 0 spiro atoms. The maximum absolute atomic E-state index is 12.7. The molecule has 0 saturated carbocycles. The third-order valence-electron chi connectivity index (χ3n) is 3.71. The average Bonchev–Trinajstić information content (AvgIpc) is 2.64. The third-order valence-corrected chi connectivity index (χ3v) is 5.36. The van der Waals surface area contributed by atoms with Crippen LogP contribution in [0.15, 0.2) is 53.4 Å². The molecule has 0 fully saturated rings. The van der Waals surface area contributed by atoms with Crippen molar-refractivity contribution in [2.45, 2.75) is 18.4 Å². The lowest BCUT2D eigenvalue weighted by Crippen LogP contribution is -2.30. The second-order valence-corrected chi connectivity index (χ2v) is 7.71. The van der Waals surface area contributed by atoms with E-state index in [2.05, 4.69) is 10.6 Å².